The van der Waals surface area contributed by atoms with Gasteiger partial charge in [0.1, 0.15) is 17.0 Å². The number of rotatable bonds is 6. The number of halogens is 6. The van der Waals surface area contributed by atoms with Gasteiger partial charge in [-0.1, -0.05) is 0 Å². The second-order valence-corrected chi connectivity index (χ2v) is 12.2. The first-order valence-electron chi connectivity index (χ1n) is 15.3. The van der Waals surface area contributed by atoms with Crippen LogP contribution >= 0.6 is 0 Å². The summed E-state index contributed by atoms with van der Waals surface area (Å²) in [5.41, 5.74) is -0.755. The highest BCUT2D eigenvalue weighted by Crippen LogP contribution is 2.37. The van der Waals surface area contributed by atoms with Crippen molar-refractivity contribution in [3.05, 3.63) is 75.5 Å². The number of hydrogen-bond acceptors (Lipinski definition) is 8. The van der Waals surface area contributed by atoms with Gasteiger partial charge < -0.3 is 14.2 Å². The van der Waals surface area contributed by atoms with Gasteiger partial charge in [-0.05, 0) is 57.9 Å². The Morgan fingerprint density at radius 3 is 2.04 bits per heavy atom. The summed E-state index contributed by atoms with van der Waals surface area (Å²) >= 11 is 0. The Bertz CT molecular complexity index is 1740. The average molecular weight is 665 g/mol. The van der Waals surface area contributed by atoms with E-state index in [-0.39, 0.29) is 29.6 Å². The first kappa shape index (κ1) is 32.9. The fraction of sp³-hybridized carbons (Fsp3) is 0.516. The number of aryl methyl sites for hydroxylation is 2. The number of pyridine rings is 2. The van der Waals surface area contributed by atoms with Crippen molar-refractivity contribution >= 4 is 17.0 Å². The van der Waals surface area contributed by atoms with E-state index >= 15 is 0 Å². The standard InChI is InChI=1S/C31H34F6N8O2/c1-17-15-44(27-25-28(42(4)29(46)41-27)45(19(3)40-25)16-22-6-5-11-47-22)18(2)14-43(17)26(23-9-7-20(12-38-23)30(32,33)34)24-10-8-21(13-39-24)31(35,36)37/h7-10,12-13,17-18,22,26H,5-6,11,14-16H2,1-4H3/t17-,18+,22-/m1/s1. The number of fused-ring (bicyclic) bond motifs is 1. The van der Waals surface area contributed by atoms with Crippen LogP contribution in [0, 0.1) is 6.92 Å². The molecule has 0 saturated carbocycles. The van der Waals surface area contributed by atoms with Gasteiger partial charge in [0.05, 0.1) is 41.2 Å². The lowest BCUT2D eigenvalue weighted by molar-refractivity contribution is -0.138. The van der Waals surface area contributed by atoms with E-state index in [0.717, 1.165) is 25.0 Å². The topological polar surface area (TPSA) is 94.2 Å². The van der Waals surface area contributed by atoms with Crippen LogP contribution in [0.5, 0.6) is 0 Å². The molecule has 0 amide bonds. The minimum Gasteiger partial charge on any atom is -0.376 e. The Balaban J connectivity index is 1.36. The SMILES string of the molecule is Cc1nc2c(N3C[C@@H](C)N(C(c4ccc(C(F)(F)F)cn4)c4ccc(C(F)(F)F)cn4)C[C@@H]3C)nc(=O)n(C)c2n1C[C@H]1CCCO1. The van der Waals surface area contributed by atoms with Crippen molar-refractivity contribution in [3.63, 3.8) is 0 Å². The molecule has 10 nitrogen and oxygen atoms in total. The summed E-state index contributed by atoms with van der Waals surface area (Å²) in [7, 11) is 1.65. The molecule has 0 radical (unpaired) electrons. The molecule has 47 heavy (non-hydrogen) atoms. The normalized spacial score (nSPS) is 21.3. The Labute approximate surface area is 266 Å². The van der Waals surface area contributed by atoms with Gasteiger partial charge in [0, 0.05) is 51.2 Å². The molecule has 4 aromatic heterocycles. The molecular weight excluding hydrogens is 630 g/mol. The number of ether oxygens (including phenoxy) is 1. The summed E-state index contributed by atoms with van der Waals surface area (Å²) in [6.45, 7) is 7.52. The first-order chi connectivity index (χ1) is 22.1. The van der Waals surface area contributed by atoms with Crippen molar-refractivity contribution in [1.82, 2.24) is 34.0 Å². The third-order valence-corrected chi connectivity index (χ3v) is 8.99. The Kier molecular flexibility index (Phi) is 8.53. The molecule has 6 heterocycles. The van der Waals surface area contributed by atoms with E-state index in [1.54, 1.807) is 7.05 Å². The number of aromatic nitrogens is 6. The third kappa shape index (κ3) is 6.32. The van der Waals surface area contributed by atoms with Crippen LogP contribution in [0.3, 0.4) is 0 Å². The highest BCUT2D eigenvalue weighted by atomic mass is 19.4. The fourth-order valence-electron chi connectivity index (χ4n) is 6.53. The van der Waals surface area contributed by atoms with Crippen molar-refractivity contribution < 1.29 is 31.1 Å². The van der Waals surface area contributed by atoms with E-state index < -0.39 is 35.2 Å². The monoisotopic (exact) mass is 664 g/mol. The minimum atomic E-state index is -4.61. The van der Waals surface area contributed by atoms with Gasteiger partial charge in [-0.2, -0.15) is 31.3 Å². The number of imidazole rings is 1. The van der Waals surface area contributed by atoms with Crippen LogP contribution in [0.1, 0.15) is 61.1 Å². The molecule has 2 saturated heterocycles. The van der Waals surface area contributed by atoms with Crippen molar-refractivity contribution in [2.24, 2.45) is 7.05 Å². The summed E-state index contributed by atoms with van der Waals surface area (Å²) in [4.78, 5) is 34.6. The van der Waals surface area contributed by atoms with Crippen LogP contribution in [0.2, 0.25) is 0 Å². The molecule has 0 spiro atoms. The third-order valence-electron chi connectivity index (χ3n) is 8.99. The molecule has 0 N–H and O–H groups in total. The lowest BCUT2D eigenvalue weighted by atomic mass is 9.99. The molecule has 0 unspecified atom stereocenters. The van der Waals surface area contributed by atoms with Gasteiger partial charge in [-0.15, -0.1) is 0 Å². The predicted molar refractivity (Wildman–Crippen MR) is 160 cm³/mol. The van der Waals surface area contributed by atoms with Crippen LogP contribution < -0.4 is 10.6 Å². The maximum atomic E-state index is 13.3. The first-order valence-corrected chi connectivity index (χ1v) is 15.3. The van der Waals surface area contributed by atoms with Gasteiger partial charge in [0.15, 0.2) is 5.82 Å². The molecule has 3 atom stereocenters. The number of anilines is 1. The highest BCUT2D eigenvalue weighted by Gasteiger charge is 2.39. The van der Waals surface area contributed by atoms with E-state index in [1.165, 1.54) is 16.7 Å². The van der Waals surface area contributed by atoms with Gasteiger partial charge in [-0.25, -0.2) is 9.78 Å². The molecule has 6 rings (SSSR count). The van der Waals surface area contributed by atoms with Crippen LogP contribution in [0.4, 0.5) is 32.2 Å². The number of nitrogens with zero attached hydrogens (tertiary/aromatic N) is 8. The summed E-state index contributed by atoms with van der Waals surface area (Å²) in [5.74, 6) is 1.12. The fourth-order valence-corrected chi connectivity index (χ4v) is 6.53. The summed E-state index contributed by atoms with van der Waals surface area (Å²) < 4.78 is 89.4. The lowest BCUT2D eigenvalue weighted by Gasteiger charge is -2.47. The van der Waals surface area contributed by atoms with Crippen molar-refractivity contribution in [1.29, 1.82) is 0 Å². The largest absolute Gasteiger partial charge is 0.417 e. The van der Waals surface area contributed by atoms with Gasteiger partial charge >= 0.3 is 18.0 Å². The minimum absolute atomic E-state index is 0.00913. The highest BCUT2D eigenvalue weighted by molar-refractivity contribution is 5.84. The Morgan fingerprint density at radius 2 is 1.53 bits per heavy atom. The van der Waals surface area contributed by atoms with E-state index in [9.17, 15) is 31.1 Å². The van der Waals surface area contributed by atoms with Crippen LogP contribution in [0.15, 0.2) is 41.5 Å². The summed E-state index contributed by atoms with van der Waals surface area (Å²) in [5, 5.41) is 0. The van der Waals surface area contributed by atoms with Crippen molar-refractivity contribution in [2.45, 2.75) is 76.7 Å². The smallest absolute Gasteiger partial charge is 0.376 e. The van der Waals surface area contributed by atoms with E-state index in [2.05, 4.69) is 15.0 Å². The zero-order valence-corrected chi connectivity index (χ0v) is 26.2. The van der Waals surface area contributed by atoms with Gasteiger partial charge in [0.2, 0.25) is 0 Å². The molecule has 0 bridgehead atoms. The number of hydrogen-bond donors (Lipinski definition) is 0. The maximum Gasteiger partial charge on any atom is 0.417 e. The molecule has 16 heteroatoms. The second kappa shape index (κ2) is 12.2. The van der Waals surface area contributed by atoms with E-state index in [1.807, 2.05) is 35.1 Å². The molecule has 2 aliphatic rings. The zero-order valence-electron chi connectivity index (χ0n) is 26.2. The quantitative estimate of drug-likeness (QED) is 0.262. The van der Waals surface area contributed by atoms with Crippen molar-refractivity contribution in [3.8, 4) is 0 Å². The number of piperazine rings is 1. The molecule has 252 valence electrons. The second-order valence-electron chi connectivity index (χ2n) is 12.2. The molecule has 2 fully saturated rings. The zero-order chi connectivity index (χ0) is 33.8. The summed E-state index contributed by atoms with van der Waals surface area (Å²) in [6.07, 6.45) is -5.91. The van der Waals surface area contributed by atoms with Gasteiger partial charge in [0.25, 0.3) is 0 Å². The predicted octanol–water partition coefficient (Wildman–Crippen LogP) is 5.13. The molecule has 0 aromatic carbocycles. The van der Waals surface area contributed by atoms with Crippen LogP contribution in [-0.2, 0) is 30.7 Å². The van der Waals surface area contributed by atoms with E-state index in [0.29, 0.717) is 61.4 Å². The maximum absolute atomic E-state index is 13.3. The average Bonchev–Trinajstić information content (AvgIpc) is 3.64. The lowest BCUT2D eigenvalue weighted by Crippen LogP contribution is -2.58. The van der Waals surface area contributed by atoms with Crippen LogP contribution in [0.25, 0.3) is 11.2 Å². The molecular formula is C31H34F6N8O2. The van der Waals surface area contributed by atoms with Gasteiger partial charge in [-0.3, -0.25) is 19.4 Å². The van der Waals surface area contributed by atoms with Crippen molar-refractivity contribution in [2.75, 3.05) is 24.6 Å². The molecule has 4 aromatic rings. The molecule has 0 aliphatic carbocycles. The Hall–Kier alpha value is -4.05. The number of alkyl halides is 6. The van der Waals surface area contributed by atoms with E-state index in [4.69, 9.17) is 9.72 Å². The Morgan fingerprint density at radius 1 is 0.915 bits per heavy atom. The molecule has 2 aliphatic heterocycles. The van der Waals surface area contributed by atoms with Crippen LogP contribution in [-0.4, -0.2) is 71.9 Å². The summed E-state index contributed by atoms with van der Waals surface area (Å²) in [6, 6.07) is 2.77.